The number of halogens is 3. The molecule has 0 unspecified atom stereocenters. The molecule has 0 radical (unpaired) electrons. The van der Waals surface area contributed by atoms with Crippen LogP contribution in [0.1, 0.15) is 25.0 Å². The number of hydrogen-bond acceptors (Lipinski definition) is 1. The van der Waals surface area contributed by atoms with Gasteiger partial charge in [-0.15, -0.1) is 0 Å². The van der Waals surface area contributed by atoms with E-state index in [1.54, 1.807) is 12.1 Å². The zero-order chi connectivity index (χ0) is 14.8. The van der Waals surface area contributed by atoms with Crippen molar-refractivity contribution in [1.82, 2.24) is 5.32 Å². The van der Waals surface area contributed by atoms with Crippen molar-refractivity contribution in [3.05, 3.63) is 68.9 Å². The van der Waals surface area contributed by atoms with Gasteiger partial charge in [-0.3, -0.25) is 0 Å². The van der Waals surface area contributed by atoms with Gasteiger partial charge in [-0.25, -0.2) is 4.39 Å². The Labute approximate surface area is 132 Å². The lowest BCUT2D eigenvalue weighted by Crippen LogP contribution is -2.36. The lowest BCUT2D eigenvalue weighted by atomic mass is 9.94. The van der Waals surface area contributed by atoms with Gasteiger partial charge in [0.05, 0.1) is 0 Å². The molecule has 0 saturated carbocycles. The third kappa shape index (κ3) is 3.81. The molecule has 0 spiro atoms. The van der Waals surface area contributed by atoms with Gasteiger partial charge in [-0.05, 0) is 43.7 Å². The second-order valence-electron chi connectivity index (χ2n) is 5.22. The van der Waals surface area contributed by atoms with Crippen LogP contribution in [0.25, 0.3) is 0 Å². The van der Waals surface area contributed by atoms with E-state index in [1.165, 1.54) is 6.07 Å². The van der Waals surface area contributed by atoms with Crippen LogP contribution in [0.4, 0.5) is 4.39 Å². The molecule has 0 aromatic heterocycles. The molecule has 1 N–H and O–H groups in total. The molecule has 0 bridgehead atoms. The van der Waals surface area contributed by atoms with Crippen molar-refractivity contribution in [3.63, 3.8) is 0 Å². The van der Waals surface area contributed by atoms with Crippen molar-refractivity contribution in [3.8, 4) is 0 Å². The Balaban J connectivity index is 2.10. The smallest absolute Gasteiger partial charge is 0.129 e. The van der Waals surface area contributed by atoms with E-state index in [4.69, 9.17) is 11.6 Å². The molecule has 2 aromatic rings. The van der Waals surface area contributed by atoms with E-state index < -0.39 is 0 Å². The van der Waals surface area contributed by atoms with Gasteiger partial charge in [0.1, 0.15) is 5.82 Å². The minimum absolute atomic E-state index is 0.243. The SMILES string of the molecule is CC(C)(NCc1ccc(Cl)cc1F)c1ccc(Br)cc1. The Hall–Kier alpha value is -0.900. The fraction of sp³-hybridized carbons (Fsp3) is 0.250. The fourth-order valence-electron chi connectivity index (χ4n) is 1.95. The van der Waals surface area contributed by atoms with Crippen molar-refractivity contribution < 1.29 is 4.39 Å². The van der Waals surface area contributed by atoms with Crippen LogP contribution in [0, 0.1) is 5.82 Å². The highest BCUT2D eigenvalue weighted by Crippen LogP contribution is 2.23. The summed E-state index contributed by atoms with van der Waals surface area (Å²) >= 11 is 9.17. The molecule has 0 heterocycles. The first-order chi connectivity index (χ1) is 9.38. The molecule has 4 heteroatoms. The monoisotopic (exact) mass is 355 g/mol. The summed E-state index contributed by atoms with van der Waals surface area (Å²) in [7, 11) is 0. The third-order valence-electron chi connectivity index (χ3n) is 3.30. The summed E-state index contributed by atoms with van der Waals surface area (Å²) in [6, 6.07) is 12.9. The normalized spacial score (nSPS) is 11.7. The van der Waals surface area contributed by atoms with Crippen LogP contribution in [0.2, 0.25) is 5.02 Å². The molecule has 0 fully saturated rings. The van der Waals surface area contributed by atoms with E-state index in [-0.39, 0.29) is 11.4 Å². The summed E-state index contributed by atoms with van der Waals surface area (Å²) in [5, 5.41) is 3.79. The molecular weight excluding hydrogens is 341 g/mol. The molecule has 0 atom stereocenters. The first-order valence-corrected chi connectivity index (χ1v) is 7.50. The summed E-state index contributed by atoms with van der Waals surface area (Å²) in [6.45, 7) is 4.60. The molecule has 2 aromatic carbocycles. The van der Waals surface area contributed by atoms with Crippen LogP contribution < -0.4 is 5.32 Å². The first kappa shape index (κ1) is 15.5. The molecular formula is C16H16BrClFN. The molecule has 20 heavy (non-hydrogen) atoms. The third-order valence-corrected chi connectivity index (χ3v) is 4.07. The van der Waals surface area contributed by atoms with E-state index in [2.05, 4.69) is 47.2 Å². The Morgan fingerprint density at radius 2 is 1.80 bits per heavy atom. The predicted octanol–water partition coefficient (Wildman–Crippen LogP) is 5.27. The van der Waals surface area contributed by atoms with Crippen LogP contribution in [-0.4, -0.2) is 0 Å². The Bertz CT molecular complexity index is 596. The van der Waals surface area contributed by atoms with Crippen LogP contribution >= 0.6 is 27.5 Å². The highest BCUT2D eigenvalue weighted by molar-refractivity contribution is 9.10. The zero-order valence-corrected chi connectivity index (χ0v) is 13.7. The molecule has 0 aliphatic rings. The Kier molecular flexibility index (Phi) is 4.84. The van der Waals surface area contributed by atoms with Gasteiger partial charge in [0.2, 0.25) is 0 Å². The fourth-order valence-corrected chi connectivity index (χ4v) is 2.37. The van der Waals surface area contributed by atoms with E-state index in [9.17, 15) is 4.39 Å². The topological polar surface area (TPSA) is 12.0 Å². The quantitative estimate of drug-likeness (QED) is 0.787. The average Bonchev–Trinajstić information content (AvgIpc) is 2.38. The highest BCUT2D eigenvalue weighted by Gasteiger charge is 2.20. The molecule has 106 valence electrons. The second-order valence-corrected chi connectivity index (χ2v) is 6.57. The summed E-state index contributed by atoms with van der Waals surface area (Å²) in [6.07, 6.45) is 0. The number of rotatable bonds is 4. The lowest BCUT2D eigenvalue weighted by Gasteiger charge is -2.27. The molecule has 2 rings (SSSR count). The van der Waals surface area contributed by atoms with Gasteiger partial charge in [0.15, 0.2) is 0 Å². The summed E-state index contributed by atoms with van der Waals surface area (Å²) < 4.78 is 14.8. The Morgan fingerprint density at radius 3 is 2.40 bits per heavy atom. The van der Waals surface area contributed by atoms with Gasteiger partial charge >= 0.3 is 0 Å². The first-order valence-electron chi connectivity index (χ1n) is 6.33. The van der Waals surface area contributed by atoms with E-state index in [0.717, 1.165) is 10.0 Å². The number of nitrogens with one attached hydrogen (secondary N) is 1. The number of benzene rings is 2. The van der Waals surface area contributed by atoms with Crippen LogP contribution in [0.3, 0.4) is 0 Å². The van der Waals surface area contributed by atoms with Gasteiger partial charge in [-0.2, -0.15) is 0 Å². The maximum atomic E-state index is 13.8. The van der Waals surface area contributed by atoms with Gasteiger partial charge < -0.3 is 5.32 Å². The minimum atomic E-state index is -0.281. The van der Waals surface area contributed by atoms with Crippen molar-refractivity contribution in [1.29, 1.82) is 0 Å². The van der Waals surface area contributed by atoms with Crippen molar-refractivity contribution in [2.45, 2.75) is 25.9 Å². The minimum Gasteiger partial charge on any atom is -0.304 e. The number of hydrogen-bond donors (Lipinski definition) is 1. The van der Waals surface area contributed by atoms with Crippen molar-refractivity contribution >= 4 is 27.5 Å². The van der Waals surface area contributed by atoms with Crippen LogP contribution in [-0.2, 0) is 12.1 Å². The largest absolute Gasteiger partial charge is 0.304 e. The second kappa shape index (κ2) is 6.25. The average molecular weight is 357 g/mol. The summed E-state index contributed by atoms with van der Waals surface area (Å²) in [5.74, 6) is -0.281. The van der Waals surface area contributed by atoms with E-state index in [0.29, 0.717) is 17.1 Å². The maximum absolute atomic E-state index is 13.8. The zero-order valence-electron chi connectivity index (χ0n) is 11.4. The maximum Gasteiger partial charge on any atom is 0.129 e. The highest BCUT2D eigenvalue weighted by atomic mass is 79.9. The molecule has 1 nitrogen and oxygen atoms in total. The van der Waals surface area contributed by atoms with Gasteiger partial charge in [0, 0.05) is 27.1 Å². The molecule has 0 aliphatic carbocycles. The summed E-state index contributed by atoms with van der Waals surface area (Å²) in [5.41, 5.74) is 1.52. The molecule has 0 saturated heterocycles. The Morgan fingerprint density at radius 1 is 1.15 bits per heavy atom. The standard InChI is InChI=1S/C16H16BrClFN/c1-16(2,12-4-6-13(17)7-5-12)20-10-11-3-8-14(18)9-15(11)19/h3-9,20H,10H2,1-2H3. The lowest BCUT2D eigenvalue weighted by molar-refractivity contribution is 0.396. The van der Waals surface area contributed by atoms with Crippen molar-refractivity contribution in [2.75, 3.05) is 0 Å². The van der Waals surface area contributed by atoms with Crippen molar-refractivity contribution in [2.24, 2.45) is 0 Å². The van der Waals surface area contributed by atoms with Gasteiger partial charge in [0.25, 0.3) is 0 Å². The van der Waals surface area contributed by atoms with Gasteiger partial charge in [-0.1, -0.05) is 45.7 Å². The molecule has 0 aliphatic heterocycles. The molecule has 0 amide bonds. The van der Waals surface area contributed by atoms with E-state index in [1.807, 2.05) is 12.1 Å². The predicted molar refractivity (Wildman–Crippen MR) is 85.4 cm³/mol. The van der Waals surface area contributed by atoms with Crippen LogP contribution in [0.15, 0.2) is 46.9 Å². The van der Waals surface area contributed by atoms with E-state index >= 15 is 0 Å². The summed E-state index contributed by atoms with van der Waals surface area (Å²) in [4.78, 5) is 0. The van der Waals surface area contributed by atoms with Crippen LogP contribution in [0.5, 0.6) is 0 Å².